The number of amides is 1. The van der Waals surface area contributed by atoms with Crippen LogP contribution in [0.1, 0.15) is 45.5 Å². The van der Waals surface area contributed by atoms with Crippen molar-refractivity contribution in [1.82, 2.24) is 5.32 Å². The maximum Gasteiger partial charge on any atom is 0.337 e. The Kier molecular flexibility index (Phi) is 8.61. The first-order valence-corrected chi connectivity index (χ1v) is 9.80. The number of rotatable bonds is 10. The molecule has 0 aliphatic rings. The number of carbonyl (C=O) groups is 4. The quantitative estimate of drug-likeness (QED) is 0.309. The highest BCUT2D eigenvalue weighted by molar-refractivity contribution is 5.99. The Labute approximate surface area is 188 Å². The van der Waals surface area contributed by atoms with E-state index in [0.29, 0.717) is 0 Å². The minimum absolute atomic E-state index is 0.00253. The third-order valence-corrected chi connectivity index (χ3v) is 4.72. The van der Waals surface area contributed by atoms with E-state index in [1.165, 1.54) is 55.6 Å². The van der Waals surface area contributed by atoms with Gasteiger partial charge >= 0.3 is 17.9 Å². The number of nitro groups is 1. The van der Waals surface area contributed by atoms with Crippen LogP contribution in [0.25, 0.3) is 0 Å². The maximum atomic E-state index is 12.8. The highest BCUT2D eigenvalue weighted by Crippen LogP contribution is 2.27. The highest BCUT2D eigenvalue weighted by Gasteiger charge is 2.34. The Morgan fingerprint density at radius 3 is 2.27 bits per heavy atom. The topological polar surface area (TPSA) is 162 Å². The van der Waals surface area contributed by atoms with Crippen LogP contribution in [0, 0.1) is 10.1 Å². The van der Waals surface area contributed by atoms with Crippen molar-refractivity contribution in [1.29, 1.82) is 0 Å². The van der Waals surface area contributed by atoms with Crippen LogP contribution < -0.4 is 5.32 Å². The second kappa shape index (κ2) is 11.4. The van der Waals surface area contributed by atoms with E-state index in [9.17, 15) is 34.4 Å². The molecule has 0 bridgehead atoms. The molecule has 0 unspecified atom stereocenters. The van der Waals surface area contributed by atoms with Gasteiger partial charge in [0.2, 0.25) is 0 Å². The van der Waals surface area contributed by atoms with Crippen molar-refractivity contribution in [3.63, 3.8) is 0 Å². The summed E-state index contributed by atoms with van der Waals surface area (Å²) in [5.41, 5.74) is 0.159. The molecule has 2 aromatic carbocycles. The van der Waals surface area contributed by atoms with Crippen molar-refractivity contribution >= 4 is 29.5 Å². The zero-order valence-electron chi connectivity index (χ0n) is 17.8. The number of carboxylic acids is 1. The van der Waals surface area contributed by atoms with Crippen molar-refractivity contribution in [2.45, 2.75) is 25.3 Å². The lowest BCUT2D eigenvalue weighted by Gasteiger charge is -2.25. The number of ether oxygens (including phenoxy) is 2. The molecule has 0 heterocycles. The first kappa shape index (κ1) is 25.0. The third kappa shape index (κ3) is 6.60. The number of non-ortho nitro benzene ring substituents is 1. The summed E-state index contributed by atoms with van der Waals surface area (Å²) < 4.78 is 9.54. The lowest BCUT2D eigenvalue weighted by molar-refractivity contribution is -0.384. The van der Waals surface area contributed by atoms with Crippen molar-refractivity contribution in [3.05, 3.63) is 75.3 Å². The smallest absolute Gasteiger partial charge is 0.337 e. The molecule has 0 spiro atoms. The number of nitrogens with zero attached hydrogens (tertiary/aromatic N) is 1. The van der Waals surface area contributed by atoms with Gasteiger partial charge in [0.05, 0.1) is 30.6 Å². The van der Waals surface area contributed by atoms with Crippen LogP contribution in [0.15, 0.2) is 48.5 Å². The summed E-state index contributed by atoms with van der Waals surface area (Å²) in [7, 11) is 1.18. The molecule has 11 heteroatoms. The lowest BCUT2D eigenvalue weighted by Crippen LogP contribution is -2.45. The summed E-state index contributed by atoms with van der Waals surface area (Å²) in [4.78, 5) is 59.0. The Balaban J connectivity index is 2.39. The van der Waals surface area contributed by atoms with Crippen LogP contribution in [0.5, 0.6) is 0 Å². The van der Waals surface area contributed by atoms with Crippen LogP contribution >= 0.6 is 0 Å². The van der Waals surface area contributed by atoms with Gasteiger partial charge in [0.15, 0.2) is 0 Å². The molecule has 0 fully saturated rings. The van der Waals surface area contributed by atoms with E-state index in [0.717, 1.165) is 0 Å². The fourth-order valence-corrected chi connectivity index (χ4v) is 3.14. The van der Waals surface area contributed by atoms with Crippen molar-refractivity contribution in [3.8, 4) is 0 Å². The predicted molar refractivity (Wildman–Crippen MR) is 114 cm³/mol. The second-order valence-corrected chi connectivity index (χ2v) is 6.83. The first-order chi connectivity index (χ1) is 15.7. The number of aliphatic carboxylic acids is 1. The standard InChI is InChI=1S/C22H22N2O9/c1-3-33-18(25)12-17(13-7-9-16(10-8-13)24(30)31)19(21(27)28)23-20(26)14-5-4-6-15(11-14)22(29)32-2/h4-11,17,19H,3,12H2,1-2H3,(H,23,26)(H,27,28)/t17-,19+/m1/s1. The fraction of sp³-hybridized carbons (Fsp3) is 0.273. The third-order valence-electron chi connectivity index (χ3n) is 4.72. The minimum Gasteiger partial charge on any atom is -0.480 e. The predicted octanol–water partition coefficient (Wildman–Crippen LogP) is 2.30. The van der Waals surface area contributed by atoms with Gasteiger partial charge in [-0.2, -0.15) is 0 Å². The molecule has 0 aliphatic carbocycles. The molecule has 0 aliphatic heterocycles. The van der Waals surface area contributed by atoms with Gasteiger partial charge in [-0.15, -0.1) is 0 Å². The van der Waals surface area contributed by atoms with Gasteiger partial charge in [-0.25, -0.2) is 9.59 Å². The number of nitrogens with one attached hydrogen (secondary N) is 1. The molecule has 2 atom stereocenters. The second-order valence-electron chi connectivity index (χ2n) is 6.83. The van der Waals surface area contributed by atoms with Gasteiger partial charge in [-0.3, -0.25) is 19.7 Å². The Morgan fingerprint density at radius 2 is 1.73 bits per heavy atom. The molecule has 0 saturated carbocycles. The monoisotopic (exact) mass is 458 g/mol. The fourth-order valence-electron chi connectivity index (χ4n) is 3.14. The van der Waals surface area contributed by atoms with Crippen molar-refractivity contribution in [2.24, 2.45) is 0 Å². The normalized spacial score (nSPS) is 12.2. The van der Waals surface area contributed by atoms with E-state index in [2.05, 4.69) is 10.1 Å². The van der Waals surface area contributed by atoms with Crippen LogP contribution in [0.3, 0.4) is 0 Å². The Morgan fingerprint density at radius 1 is 1.09 bits per heavy atom. The number of carboxylic acid groups (broad SMARTS) is 1. The summed E-state index contributed by atoms with van der Waals surface area (Å²) in [5, 5.41) is 23.1. The summed E-state index contributed by atoms with van der Waals surface area (Å²) in [6.07, 6.45) is -0.398. The first-order valence-electron chi connectivity index (χ1n) is 9.80. The van der Waals surface area contributed by atoms with E-state index < -0.39 is 47.1 Å². The van der Waals surface area contributed by atoms with Gasteiger partial charge in [0.1, 0.15) is 6.04 Å². The molecule has 2 N–H and O–H groups in total. The van der Waals surface area contributed by atoms with Gasteiger partial charge in [-0.05, 0) is 30.7 Å². The van der Waals surface area contributed by atoms with E-state index in [1.807, 2.05) is 0 Å². The summed E-state index contributed by atoms with van der Waals surface area (Å²) in [6.45, 7) is 1.65. The summed E-state index contributed by atoms with van der Waals surface area (Å²) in [5.74, 6) is -4.70. The molecular weight excluding hydrogens is 436 g/mol. The van der Waals surface area contributed by atoms with Gasteiger partial charge in [-0.1, -0.05) is 18.2 Å². The molecule has 2 rings (SSSR count). The lowest BCUT2D eigenvalue weighted by atomic mass is 9.88. The molecule has 11 nitrogen and oxygen atoms in total. The molecule has 1 amide bonds. The van der Waals surface area contributed by atoms with Crippen molar-refractivity contribution < 1.29 is 38.7 Å². The zero-order valence-corrected chi connectivity index (χ0v) is 17.8. The molecule has 2 aromatic rings. The molecule has 174 valence electrons. The minimum atomic E-state index is -1.58. The molecule has 0 aromatic heterocycles. The Hall–Kier alpha value is -4.28. The van der Waals surface area contributed by atoms with Crippen molar-refractivity contribution in [2.75, 3.05) is 13.7 Å². The zero-order chi connectivity index (χ0) is 24.5. The summed E-state index contributed by atoms with van der Waals surface area (Å²) >= 11 is 0. The van der Waals surface area contributed by atoms with E-state index in [1.54, 1.807) is 6.92 Å². The maximum absolute atomic E-state index is 12.8. The number of nitro benzene ring substituents is 1. The number of methoxy groups -OCH3 is 1. The van der Waals surface area contributed by atoms with Gasteiger partial charge in [0.25, 0.3) is 11.6 Å². The molecule has 0 radical (unpaired) electrons. The van der Waals surface area contributed by atoms with Crippen LogP contribution in [-0.2, 0) is 19.1 Å². The number of benzene rings is 2. The van der Waals surface area contributed by atoms with Crippen LogP contribution in [-0.4, -0.2) is 53.6 Å². The largest absolute Gasteiger partial charge is 0.480 e. The Bertz CT molecular complexity index is 1050. The van der Waals surface area contributed by atoms with Gasteiger partial charge < -0.3 is 19.9 Å². The molecule has 0 saturated heterocycles. The van der Waals surface area contributed by atoms with Crippen LogP contribution in [0.4, 0.5) is 5.69 Å². The highest BCUT2D eigenvalue weighted by atomic mass is 16.6. The average Bonchev–Trinajstić information content (AvgIpc) is 2.80. The summed E-state index contributed by atoms with van der Waals surface area (Å²) in [6, 6.07) is 8.90. The number of hydrogen-bond donors (Lipinski definition) is 2. The van der Waals surface area contributed by atoms with E-state index >= 15 is 0 Å². The molecule has 33 heavy (non-hydrogen) atoms. The SMILES string of the molecule is CCOC(=O)C[C@H](c1ccc([N+](=O)[O-])cc1)[C@H](NC(=O)c1cccc(C(=O)OC)c1)C(=O)O. The number of esters is 2. The van der Waals surface area contributed by atoms with Crippen LogP contribution in [0.2, 0.25) is 0 Å². The van der Waals surface area contributed by atoms with E-state index in [4.69, 9.17) is 4.74 Å². The number of carbonyl (C=O) groups excluding carboxylic acids is 3. The van der Waals surface area contributed by atoms with Gasteiger partial charge in [0, 0.05) is 23.6 Å². The van der Waals surface area contributed by atoms with E-state index in [-0.39, 0.29) is 29.0 Å². The average molecular weight is 458 g/mol. The number of hydrogen-bond acceptors (Lipinski definition) is 8. The molecular formula is C22H22N2O9.